The molecule has 0 amide bonds. The van der Waals surface area contributed by atoms with Gasteiger partial charge in [-0.05, 0) is 12.1 Å². The summed E-state index contributed by atoms with van der Waals surface area (Å²) in [5, 5.41) is 10.2. The van der Waals surface area contributed by atoms with Gasteiger partial charge in [0.25, 0.3) is 0 Å². The molecule has 0 aromatic heterocycles. The fraction of sp³-hybridized carbons (Fsp3) is 0.538. The van der Waals surface area contributed by atoms with E-state index in [1.54, 1.807) is 12.1 Å². The van der Waals surface area contributed by atoms with Crippen molar-refractivity contribution in [3.63, 3.8) is 0 Å². The van der Waals surface area contributed by atoms with Gasteiger partial charge >= 0.3 is 0 Å². The van der Waals surface area contributed by atoms with Crippen LogP contribution in [0.25, 0.3) is 0 Å². The Morgan fingerprint density at radius 1 is 1.26 bits per heavy atom. The van der Waals surface area contributed by atoms with Crippen LogP contribution in [0.2, 0.25) is 10.0 Å². The second-order valence-electron chi connectivity index (χ2n) is 4.34. The van der Waals surface area contributed by atoms with Crippen molar-refractivity contribution >= 4 is 23.2 Å². The molecule has 0 aliphatic carbocycles. The number of aliphatic hydroxyl groups excluding tert-OH is 1. The van der Waals surface area contributed by atoms with E-state index in [9.17, 15) is 5.11 Å². The molecule has 0 unspecified atom stereocenters. The lowest BCUT2D eigenvalue weighted by Crippen LogP contribution is -2.38. The lowest BCUT2D eigenvalue weighted by Gasteiger charge is -2.26. The molecule has 1 fully saturated rings. The third-order valence-corrected chi connectivity index (χ3v) is 3.51. The molecule has 1 heterocycles. The molecule has 0 atom stereocenters. The highest BCUT2D eigenvalue weighted by Gasteiger charge is 2.13. The van der Waals surface area contributed by atoms with Crippen molar-refractivity contribution in [2.75, 3.05) is 39.5 Å². The number of rotatable bonds is 5. The molecule has 19 heavy (non-hydrogen) atoms. The van der Waals surface area contributed by atoms with Gasteiger partial charge in [0.2, 0.25) is 0 Å². The zero-order chi connectivity index (χ0) is 13.7. The van der Waals surface area contributed by atoms with Crippen LogP contribution in [-0.2, 0) is 11.3 Å². The fourth-order valence-corrected chi connectivity index (χ4v) is 2.58. The lowest BCUT2D eigenvalue weighted by atomic mass is 10.2. The topological polar surface area (TPSA) is 41.9 Å². The minimum absolute atomic E-state index is 0.146. The summed E-state index contributed by atoms with van der Waals surface area (Å²) >= 11 is 12.0. The highest BCUT2D eigenvalue weighted by molar-refractivity contribution is 6.35. The molecular formula is C13H17Cl2NO3. The van der Waals surface area contributed by atoms with Crippen molar-refractivity contribution in [1.82, 2.24) is 4.90 Å². The molecule has 0 spiro atoms. The van der Waals surface area contributed by atoms with Gasteiger partial charge in [0.15, 0.2) is 0 Å². The standard InChI is InChI=1S/C13H17Cl2NO3/c14-11-7-10(9-17)13(12(15)8-11)19-6-3-16-1-4-18-5-2-16/h7-8,17H,1-6,9H2. The average molecular weight is 306 g/mol. The Morgan fingerprint density at radius 2 is 2.00 bits per heavy atom. The number of ether oxygens (including phenoxy) is 2. The molecule has 1 aliphatic rings. The van der Waals surface area contributed by atoms with Crippen molar-refractivity contribution in [3.05, 3.63) is 27.7 Å². The van der Waals surface area contributed by atoms with Gasteiger partial charge in [-0.1, -0.05) is 23.2 Å². The predicted molar refractivity (Wildman–Crippen MR) is 75.1 cm³/mol. The van der Waals surface area contributed by atoms with E-state index in [1.165, 1.54) is 0 Å². The summed E-state index contributed by atoms with van der Waals surface area (Å²) in [6, 6.07) is 3.28. The van der Waals surface area contributed by atoms with Crippen molar-refractivity contribution < 1.29 is 14.6 Å². The molecule has 106 valence electrons. The Labute approximate surface area is 122 Å². The number of halogens is 2. The first-order chi connectivity index (χ1) is 9.20. The molecule has 6 heteroatoms. The first-order valence-corrected chi connectivity index (χ1v) is 6.98. The van der Waals surface area contributed by atoms with Crippen LogP contribution in [0, 0.1) is 0 Å². The first-order valence-electron chi connectivity index (χ1n) is 6.22. The van der Waals surface area contributed by atoms with E-state index in [-0.39, 0.29) is 6.61 Å². The van der Waals surface area contributed by atoms with E-state index >= 15 is 0 Å². The fourth-order valence-electron chi connectivity index (χ4n) is 1.99. The van der Waals surface area contributed by atoms with Gasteiger partial charge in [-0.15, -0.1) is 0 Å². The molecule has 1 aromatic rings. The average Bonchev–Trinajstić information content (AvgIpc) is 2.42. The summed E-state index contributed by atoms with van der Waals surface area (Å²) in [4.78, 5) is 2.27. The van der Waals surface area contributed by atoms with E-state index in [1.807, 2.05) is 0 Å². The number of hydrogen-bond acceptors (Lipinski definition) is 4. The zero-order valence-electron chi connectivity index (χ0n) is 10.6. The van der Waals surface area contributed by atoms with Gasteiger partial charge in [0.05, 0.1) is 24.8 Å². The third-order valence-electron chi connectivity index (χ3n) is 3.01. The van der Waals surface area contributed by atoms with Crippen LogP contribution in [0.15, 0.2) is 12.1 Å². The van der Waals surface area contributed by atoms with Crippen molar-refractivity contribution in [3.8, 4) is 5.75 Å². The second-order valence-corrected chi connectivity index (χ2v) is 5.18. The molecule has 0 saturated carbocycles. The van der Waals surface area contributed by atoms with Gasteiger partial charge in [-0.2, -0.15) is 0 Å². The third kappa shape index (κ3) is 4.23. The van der Waals surface area contributed by atoms with Gasteiger partial charge in [0, 0.05) is 30.2 Å². The maximum absolute atomic E-state index is 9.29. The molecular weight excluding hydrogens is 289 g/mol. The number of morpholine rings is 1. The summed E-state index contributed by atoms with van der Waals surface area (Å²) in [6.45, 7) is 4.57. The van der Waals surface area contributed by atoms with Gasteiger partial charge in [-0.3, -0.25) is 4.90 Å². The summed E-state index contributed by atoms with van der Waals surface area (Å²) in [5.74, 6) is 0.516. The Kier molecular flexibility index (Phi) is 5.73. The van der Waals surface area contributed by atoms with Crippen LogP contribution in [0.4, 0.5) is 0 Å². The summed E-state index contributed by atoms with van der Waals surface area (Å²) in [6.07, 6.45) is 0. The van der Waals surface area contributed by atoms with Gasteiger partial charge in [0.1, 0.15) is 12.4 Å². The van der Waals surface area contributed by atoms with Gasteiger partial charge in [-0.25, -0.2) is 0 Å². The molecule has 1 saturated heterocycles. The van der Waals surface area contributed by atoms with Crippen LogP contribution in [0.1, 0.15) is 5.56 Å². The number of nitrogens with zero attached hydrogens (tertiary/aromatic N) is 1. The summed E-state index contributed by atoms with van der Waals surface area (Å²) in [5.41, 5.74) is 0.611. The van der Waals surface area contributed by atoms with Crippen molar-refractivity contribution in [2.45, 2.75) is 6.61 Å². The minimum Gasteiger partial charge on any atom is -0.490 e. The predicted octanol–water partition coefficient (Wildman–Crippen LogP) is 2.20. The highest BCUT2D eigenvalue weighted by Crippen LogP contribution is 2.32. The van der Waals surface area contributed by atoms with Crippen LogP contribution in [-0.4, -0.2) is 49.5 Å². The summed E-state index contributed by atoms with van der Waals surface area (Å²) < 4.78 is 11.0. The van der Waals surface area contributed by atoms with E-state index in [0.29, 0.717) is 28.0 Å². The number of benzene rings is 1. The maximum Gasteiger partial charge on any atom is 0.143 e. The van der Waals surface area contributed by atoms with Gasteiger partial charge < -0.3 is 14.6 Å². The molecule has 4 nitrogen and oxygen atoms in total. The Hall–Kier alpha value is -0.520. The number of hydrogen-bond donors (Lipinski definition) is 1. The molecule has 1 N–H and O–H groups in total. The number of aliphatic hydroxyl groups is 1. The maximum atomic E-state index is 9.29. The van der Waals surface area contributed by atoms with Crippen LogP contribution < -0.4 is 4.74 Å². The zero-order valence-corrected chi connectivity index (χ0v) is 12.1. The van der Waals surface area contributed by atoms with Crippen molar-refractivity contribution in [1.29, 1.82) is 0 Å². The largest absolute Gasteiger partial charge is 0.490 e. The lowest BCUT2D eigenvalue weighted by molar-refractivity contribution is 0.0321. The Balaban J connectivity index is 1.91. The molecule has 0 bridgehead atoms. The second kappa shape index (κ2) is 7.31. The molecule has 1 aromatic carbocycles. The minimum atomic E-state index is -0.146. The quantitative estimate of drug-likeness (QED) is 0.905. The molecule has 2 rings (SSSR count). The van der Waals surface area contributed by atoms with E-state index in [4.69, 9.17) is 32.7 Å². The normalized spacial score (nSPS) is 16.6. The van der Waals surface area contributed by atoms with Crippen molar-refractivity contribution in [2.24, 2.45) is 0 Å². The molecule has 1 aliphatic heterocycles. The molecule has 0 radical (unpaired) electrons. The summed E-state index contributed by atoms with van der Waals surface area (Å²) in [7, 11) is 0. The van der Waals surface area contributed by atoms with Crippen LogP contribution in [0.3, 0.4) is 0 Å². The van der Waals surface area contributed by atoms with E-state index < -0.39 is 0 Å². The van der Waals surface area contributed by atoms with E-state index in [0.717, 1.165) is 32.8 Å². The van der Waals surface area contributed by atoms with Crippen LogP contribution >= 0.6 is 23.2 Å². The smallest absolute Gasteiger partial charge is 0.143 e. The monoisotopic (exact) mass is 305 g/mol. The van der Waals surface area contributed by atoms with Crippen LogP contribution in [0.5, 0.6) is 5.75 Å². The Morgan fingerprint density at radius 3 is 2.68 bits per heavy atom. The SMILES string of the molecule is OCc1cc(Cl)cc(Cl)c1OCCN1CCOCC1. The van der Waals surface area contributed by atoms with E-state index in [2.05, 4.69) is 4.90 Å². The highest BCUT2D eigenvalue weighted by atomic mass is 35.5. The first kappa shape index (κ1) is 14.9. The Bertz CT molecular complexity index is 423.